The van der Waals surface area contributed by atoms with Crippen molar-refractivity contribution in [2.45, 2.75) is 12.8 Å². The molecule has 6 heteroatoms. The highest BCUT2D eigenvalue weighted by atomic mass is 16.5. The molecule has 1 saturated heterocycles. The lowest BCUT2D eigenvalue weighted by Crippen LogP contribution is -2.46. The highest BCUT2D eigenvalue weighted by molar-refractivity contribution is 5.78. The van der Waals surface area contributed by atoms with E-state index >= 15 is 0 Å². The minimum atomic E-state index is 0.219. The zero-order valence-corrected chi connectivity index (χ0v) is 15.4. The van der Waals surface area contributed by atoms with Crippen LogP contribution in [0.5, 0.6) is 0 Å². The van der Waals surface area contributed by atoms with Crippen LogP contribution >= 0.6 is 0 Å². The number of carbonyl (C=O) groups is 1. The highest BCUT2D eigenvalue weighted by Gasteiger charge is 2.25. The fourth-order valence-electron chi connectivity index (χ4n) is 3.95. The molecule has 4 rings (SSSR count). The number of hydrogen-bond acceptors (Lipinski definition) is 4. The largest absolute Gasteiger partial charge is 0.378 e. The van der Waals surface area contributed by atoms with Gasteiger partial charge in [-0.1, -0.05) is 30.3 Å². The van der Waals surface area contributed by atoms with Gasteiger partial charge < -0.3 is 9.64 Å². The SMILES string of the molecule is Cn1nc2c(c1-c1ccccc1)CCN(CC(=O)N1CCOCC1)CC2. The van der Waals surface area contributed by atoms with Crippen molar-refractivity contribution in [2.75, 3.05) is 45.9 Å². The molecule has 1 aromatic carbocycles. The number of rotatable bonds is 3. The van der Waals surface area contributed by atoms with Gasteiger partial charge in [-0.3, -0.25) is 14.4 Å². The van der Waals surface area contributed by atoms with Crippen molar-refractivity contribution in [3.8, 4) is 11.3 Å². The Kier molecular flexibility index (Phi) is 5.04. The molecule has 0 aliphatic carbocycles. The number of fused-ring (bicyclic) bond motifs is 1. The average molecular weight is 354 g/mol. The van der Waals surface area contributed by atoms with E-state index < -0.39 is 0 Å². The second-order valence-electron chi connectivity index (χ2n) is 7.03. The Morgan fingerprint density at radius 1 is 1.08 bits per heavy atom. The van der Waals surface area contributed by atoms with Crippen LogP contribution in [0.25, 0.3) is 11.3 Å². The summed E-state index contributed by atoms with van der Waals surface area (Å²) in [5, 5.41) is 4.77. The average Bonchev–Trinajstić information content (AvgIpc) is 2.88. The van der Waals surface area contributed by atoms with E-state index in [4.69, 9.17) is 9.84 Å². The number of ether oxygens (including phenoxy) is 1. The Morgan fingerprint density at radius 3 is 2.58 bits per heavy atom. The molecule has 6 nitrogen and oxygen atoms in total. The van der Waals surface area contributed by atoms with Crippen molar-refractivity contribution < 1.29 is 9.53 Å². The van der Waals surface area contributed by atoms with Crippen molar-refractivity contribution >= 4 is 5.91 Å². The Hall–Kier alpha value is -2.18. The smallest absolute Gasteiger partial charge is 0.236 e. The number of carbonyl (C=O) groups excluding carboxylic acids is 1. The van der Waals surface area contributed by atoms with E-state index in [1.54, 1.807) is 0 Å². The Morgan fingerprint density at radius 2 is 1.81 bits per heavy atom. The number of nitrogens with zero attached hydrogens (tertiary/aromatic N) is 4. The monoisotopic (exact) mass is 354 g/mol. The summed E-state index contributed by atoms with van der Waals surface area (Å²) in [7, 11) is 2.02. The molecule has 0 unspecified atom stereocenters. The third-order valence-corrected chi connectivity index (χ3v) is 5.34. The maximum absolute atomic E-state index is 12.5. The molecule has 26 heavy (non-hydrogen) atoms. The third-order valence-electron chi connectivity index (χ3n) is 5.34. The first-order valence-corrected chi connectivity index (χ1v) is 9.40. The van der Waals surface area contributed by atoms with Crippen LogP contribution in [0.2, 0.25) is 0 Å². The van der Waals surface area contributed by atoms with Gasteiger partial charge in [0.25, 0.3) is 0 Å². The number of amides is 1. The van der Waals surface area contributed by atoms with Crippen LogP contribution in [0.3, 0.4) is 0 Å². The van der Waals surface area contributed by atoms with E-state index in [0.29, 0.717) is 32.8 Å². The van der Waals surface area contributed by atoms with Gasteiger partial charge in [0, 0.05) is 50.8 Å². The molecule has 0 N–H and O–H groups in total. The summed E-state index contributed by atoms with van der Waals surface area (Å²) in [6.45, 7) is 5.02. The van der Waals surface area contributed by atoms with E-state index in [1.165, 1.54) is 22.5 Å². The Bertz CT molecular complexity index is 766. The van der Waals surface area contributed by atoms with Crippen LogP contribution in [0, 0.1) is 0 Å². The second-order valence-corrected chi connectivity index (χ2v) is 7.03. The molecule has 0 bridgehead atoms. The van der Waals surface area contributed by atoms with Crippen molar-refractivity contribution in [2.24, 2.45) is 7.05 Å². The molecular weight excluding hydrogens is 328 g/mol. The van der Waals surface area contributed by atoms with Gasteiger partial charge in [0.1, 0.15) is 0 Å². The van der Waals surface area contributed by atoms with Crippen molar-refractivity contribution in [3.63, 3.8) is 0 Å². The van der Waals surface area contributed by atoms with Gasteiger partial charge in [0.2, 0.25) is 5.91 Å². The van der Waals surface area contributed by atoms with Crippen LogP contribution < -0.4 is 0 Å². The fraction of sp³-hybridized carbons (Fsp3) is 0.500. The van der Waals surface area contributed by atoms with Gasteiger partial charge in [-0.2, -0.15) is 5.10 Å². The summed E-state index contributed by atoms with van der Waals surface area (Å²) in [6, 6.07) is 10.5. The number of aromatic nitrogens is 2. The molecule has 0 radical (unpaired) electrons. The van der Waals surface area contributed by atoms with Crippen molar-refractivity contribution in [3.05, 3.63) is 41.6 Å². The predicted octanol–water partition coefficient (Wildman–Crippen LogP) is 1.35. The summed E-state index contributed by atoms with van der Waals surface area (Å²) in [5.41, 5.74) is 4.93. The maximum atomic E-state index is 12.5. The van der Waals surface area contributed by atoms with E-state index in [-0.39, 0.29) is 5.91 Å². The first kappa shape index (κ1) is 17.2. The standard InChI is InChI=1S/C20H26N4O2/c1-22-20(16-5-3-2-4-6-16)17-7-9-23(10-8-18(17)21-22)15-19(25)24-11-13-26-14-12-24/h2-6H,7-15H2,1H3. The number of benzene rings is 1. The highest BCUT2D eigenvalue weighted by Crippen LogP contribution is 2.28. The first-order valence-electron chi connectivity index (χ1n) is 9.40. The van der Waals surface area contributed by atoms with Crippen LogP contribution in [-0.2, 0) is 29.4 Å². The first-order chi connectivity index (χ1) is 12.7. The van der Waals surface area contributed by atoms with Crippen LogP contribution in [0.1, 0.15) is 11.3 Å². The topological polar surface area (TPSA) is 50.6 Å². The van der Waals surface area contributed by atoms with Gasteiger partial charge in [0.05, 0.1) is 31.1 Å². The van der Waals surface area contributed by atoms with Gasteiger partial charge in [0.15, 0.2) is 0 Å². The Labute approximate surface area is 154 Å². The van der Waals surface area contributed by atoms with Crippen molar-refractivity contribution in [1.29, 1.82) is 0 Å². The molecule has 0 spiro atoms. The zero-order chi connectivity index (χ0) is 17.9. The lowest BCUT2D eigenvalue weighted by atomic mass is 10.0. The van der Waals surface area contributed by atoms with E-state index in [1.807, 2.05) is 22.7 Å². The summed E-state index contributed by atoms with van der Waals surface area (Å²) >= 11 is 0. The van der Waals surface area contributed by atoms with Gasteiger partial charge >= 0.3 is 0 Å². The summed E-state index contributed by atoms with van der Waals surface area (Å²) < 4.78 is 7.35. The molecule has 1 aromatic heterocycles. The molecular formula is C20H26N4O2. The second kappa shape index (κ2) is 7.60. The van der Waals surface area contributed by atoms with Gasteiger partial charge in [-0.15, -0.1) is 0 Å². The molecule has 1 fully saturated rings. The molecule has 2 aliphatic rings. The molecule has 2 aromatic rings. The fourth-order valence-corrected chi connectivity index (χ4v) is 3.95. The zero-order valence-electron chi connectivity index (χ0n) is 15.4. The van der Waals surface area contributed by atoms with Crippen LogP contribution in [0.4, 0.5) is 0 Å². The molecule has 2 aliphatic heterocycles. The number of hydrogen-bond donors (Lipinski definition) is 0. The normalized spacial score (nSPS) is 18.4. The minimum absolute atomic E-state index is 0.219. The molecule has 138 valence electrons. The molecule has 3 heterocycles. The van der Waals surface area contributed by atoms with E-state index in [9.17, 15) is 4.79 Å². The lowest BCUT2D eigenvalue weighted by Gasteiger charge is -2.29. The van der Waals surface area contributed by atoms with Crippen LogP contribution in [0.15, 0.2) is 30.3 Å². The van der Waals surface area contributed by atoms with Crippen LogP contribution in [-0.4, -0.2) is 71.4 Å². The predicted molar refractivity (Wildman–Crippen MR) is 99.9 cm³/mol. The summed E-state index contributed by atoms with van der Waals surface area (Å²) in [5.74, 6) is 0.219. The molecule has 0 atom stereocenters. The minimum Gasteiger partial charge on any atom is -0.378 e. The van der Waals surface area contributed by atoms with E-state index in [2.05, 4.69) is 29.2 Å². The van der Waals surface area contributed by atoms with Crippen molar-refractivity contribution in [1.82, 2.24) is 19.6 Å². The summed E-state index contributed by atoms with van der Waals surface area (Å²) in [6.07, 6.45) is 1.83. The third kappa shape index (κ3) is 3.52. The summed E-state index contributed by atoms with van der Waals surface area (Å²) in [4.78, 5) is 16.7. The number of aryl methyl sites for hydroxylation is 1. The Balaban J connectivity index is 1.46. The maximum Gasteiger partial charge on any atom is 0.236 e. The van der Waals surface area contributed by atoms with Gasteiger partial charge in [-0.25, -0.2) is 0 Å². The molecule has 1 amide bonds. The quantitative estimate of drug-likeness (QED) is 0.835. The molecule has 0 saturated carbocycles. The van der Waals surface area contributed by atoms with Gasteiger partial charge in [-0.05, 0) is 6.42 Å². The van der Waals surface area contributed by atoms with E-state index in [0.717, 1.165) is 25.9 Å². The number of morpholine rings is 1. The lowest BCUT2D eigenvalue weighted by molar-refractivity contribution is -0.136.